The molecule has 0 aliphatic rings. The SMILES string of the molecule is Cc1cc2ncccc2cc1-c1ccnc(-c2[c-]ccc3c2oc2c4ccccc4ccc32)c1.[Ir].[c-]1ccccc1-c1ccccn1. The first-order valence-electron chi connectivity index (χ1n) is 15.2. The number of benzene rings is 5. The summed E-state index contributed by atoms with van der Waals surface area (Å²) in [5, 5.41) is 5.59. The summed E-state index contributed by atoms with van der Waals surface area (Å²) < 4.78 is 6.50. The number of aromatic nitrogens is 3. The molecule has 0 unspecified atom stereocenters. The Kier molecular flexibility index (Phi) is 8.41. The molecule has 4 aromatic heterocycles. The summed E-state index contributed by atoms with van der Waals surface area (Å²) in [6.07, 6.45) is 5.48. The number of aryl methyl sites for hydroxylation is 1. The summed E-state index contributed by atoms with van der Waals surface area (Å²) >= 11 is 0. The van der Waals surface area contributed by atoms with Gasteiger partial charge < -0.3 is 14.4 Å². The second kappa shape index (κ2) is 13.1. The topological polar surface area (TPSA) is 51.8 Å². The van der Waals surface area contributed by atoms with Gasteiger partial charge in [0.15, 0.2) is 0 Å². The van der Waals surface area contributed by atoms with Gasteiger partial charge in [-0.05, 0) is 70.7 Å². The van der Waals surface area contributed by atoms with E-state index in [0.29, 0.717) is 0 Å². The van der Waals surface area contributed by atoms with Gasteiger partial charge in [-0.1, -0.05) is 71.6 Å². The van der Waals surface area contributed by atoms with Crippen LogP contribution in [0.15, 0.2) is 150 Å². The minimum Gasteiger partial charge on any atom is -0.500 e. The molecule has 0 fully saturated rings. The molecule has 0 amide bonds. The Morgan fingerprint density at radius 2 is 1.36 bits per heavy atom. The zero-order valence-electron chi connectivity index (χ0n) is 25.4. The Bertz CT molecular complexity index is 2450. The molecule has 5 heteroatoms. The third kappa shape index (κ3) is 5.83. The van der Waals surface area contributed by atoms with Gasteiger partial charge in [-0.15, -0.1) is 54.1 Å². The van der Waals surface area contributed by atoms with E-state index in [0.717, 1.165) is 66.3 Å². The summed E-state index contributed by atoms with van der Waals surface area (Å²) in [5.74, 6) is 0. The Morgan fingerprint density at radius 1 is 0.553 bits per heavy atom. The zero-order valence-corrected chi connectivity index (χ0v) is 27.8. The summed E-state index contributed by atoms with van der Waals surface area (Å²) in [5.41, 5.74) is 9.92. The fourth-order valence-electron chi connectivity index (χ4n) is 6.01. The van der Waals surface area contributed by atoms with Gasteiger partial charge in [0, 0.05) is 54.9 Å². The fourth-order valence-corrected chi connectivity index (χ4v) is 6.01. The second-order valence-corrected chi connectivity index (χ2v) is 11.1. The number of hydrogen-bond donors (Lipinski definition) is 0. The van der Waals surface area contributed by atoms with Crippen LogP contribution in [0.5, 0.6) is 0 Å². The Hall–Kier alpha value is -5.48. The summed E-state index contributed by atoms with van der Waals surface area (Å²) in [6.45, 7) is 2.13. The van der Waals surface area contributed by atoms with Gasteiger partial charge in [0.1, 0.15) is 5.58 Å². The predicted molar refractivity (Wildman–Crippen MR) is 187 cm³/mol. The van der Waals surface area contributed by atoms with Crippen molar-refractivity contribution in [3.8, 4) is 33.6 Å². The predicted octanol–water partition coefficient (Wildman–Crippen LogP) is 10.7. The molecule has 47 heavy (non-hydrogen) atoms. The molecular formula is C42H27IrN3O-2. The van der Waals surface area contributed by atoms with E-state index >= 15 is 0 Å². The molecule has 9 aromatic rings. The van der Waals surface area contributed by atoms with Crippen molar-refractivity contribution in [1.29, 1.82) is 0 Å². The number of rotatable bonds is 3. The number of nitrogens with zero attached hydrogens (tertiary/aromatic N) is 3. The van der Waals surface area contributed by atoms with Crippen LogP contribution in [0.25, 0.3) is 77.3 Å². The van der Waals surface area contributed by atoms with E-state index in [4.69, 9.17) is 9.40 Å². The second-order valence-electron chi connectivity index (χ2n) is 11.1. The number of furan rings is 1. The van der Waals surface area contributed by atoms with Crippen molar-refractivity contribution < 1.29 is 24.5 Å². The molecule has 0 spiro atoms. The standard InChI is InChI=1S/C31H19N2O.C11H8N.Ir/c1-19-16-28-22(7-5-14-32-28)17-27(19)21-13-15-33-29(18-21)26-10-4-9-24-25-12-11-20-6-2-3-8-23(20)30(25)34-31(24)26;1-2-6-10(7-3-1)11-8-4-5-9-12-11;/h2-9,11-18H,1H3;1-6,8-9H;/q2*-1;. The fraction of sp³-hybridized carbons (Fsp3) is 0.0238. The molecule has 0 aliphatic heterocycles. The normalized spacial score (nSPS) is 10.9. The van der Waals surface area contributed by atoms with Crippen molar-refractivity contribution in [2.45, 2.75) is 6.92 Å². The summed E-state index contributed by atoms with van der Waals surface area (Å²) in [4.78, 5) is 13.4. The van der Waals surface area contributed by atoms with E-state index in [1.165, 1.54) is 16.5 Å². The van der Waals surface area contributed by atoms with Crippen LogP contribution in [0.2, 0.25) is 0 Å². The number of pyridine rings is 3. The van der Waals surface area contributed by atoms with Crippen LogP contribution >= 0.6 is 0 Å². The number of hydrogen-bond acceptors (Lipinski definition) is 4. The Balaban J connectivity index is 0.000000228. The third-order valence-electron chi connectivity index (χ3n) is 8.25. The molecule has 0 atom stereocenters. The first-order valence-corrected chi connectivity index (χ1v) is 15.2. The summed E-state index contributed by atoms with van der Waals surface area (Å²) in [7, 11) is 0. The average molecular weight is 782 g/mol. The molecule has 1 radical (unpaired) electrons. The van der Waals surface area contributed by atoms with E-state index in [1.54, 1.807) is 6.20 Å². The van der Waals surface area contributed by atoms with Crippen LogP contribution < -0.4 is 0 Å². The van der Waals surface area contributed by atoms with Gasteiger partial charge in [0.05, 0.1) is 11.1 Å². The average Bonchev–Trinajstić information content (AvgIpc) is 3.52. The van der Waals surface area contributed by atoms with E-state index in [-0.39, 0.29) is 20.1 Å². The Morgan fingerprint density at radius 3 is 2.23 bits per heavy atom. The molecule has 5 aromatic carbocycles. The van der Waals surface area contributed by atoms with Gasteiger partial charge in [0.25, 0.3) is 0 Å². The minimum absolute atomic E-state index is 0. The number of fused-ring (bicyclic) bond motifs is 6. The molecular weight excluding hydrogens is 755 g/mol. The van der Waals surface area contributed by atoms with E-state index < -0.39 is 0 Å². The molecule has 4 nitrogen and oxygen atoms in total. The van der Waals surface area contributed by atoms with Gasteiger partial charge >= 0.3 is 0 Å². The molecule has 227 valence electrons. The largest absolute Gasteiger partial charge is 0.500 e. The molecule has 0 N–H and O–H groups in total. The zero-order chi connectivity index (χ0) is 30.9. The van der Waals surface area contributed by atoms with Gasteiger partial charge in [-0.3, -0.25) is 4.98 Å². The van der Waals surface area contributed by atoms with Crippen LogP contribution in [0.1, 0.15) is 5.56 Å². The molecule has 9 rings (SSSR count). The monoisotopic (exact) mass is 782 g/mol. The molecule has 0 saturated carbocycles. The van der Waals surface area contributed by atoms with Crippen LogP contribution in [-0.2, 0) is 20.1 Å². The van der Waals surface area contributed by atoms with Crippen molar-refractivity contribution in [1.82, 2.24) is 15.0 Å². The van der Waals surface area contributed by atoms with Crippen molar-refractivity contribution in [2.75, 3.05) is 0 Å². The van der Waals surface area contributed by atoms with Gasteiger partial charge in [-0.2, -0.15) is 0 Å². The van der Waals surface area contributed by atoms with E-state index in [1.807, 2.05) is 67.0 Å². The van der Waals surface area contributed by atoms with Crippen molar-refractivity contribution in [3.05, 3.63) is 164 Å². The first-order chi connectivity index (χ1) is 22.7. The maximum atomic E-state index is 6.50. The molecule has 0 saturated heterocycles. The first kappa shape index (κ1) is 30.2. The van der Waals surface area contributed by atoms with E-state index in [2.05, 4.69) is 102 Å². The van der Waals surface area contributed by atoms with Gasteiger partial charge in [-0.25, -0.2) is 0 Å². The van der Waals surface area contributed by atoms with E-state index in [9.17, 15) is 0 Å². The maximum absolute atomic E-state index is 6.50. The minimum atomic E-state index is 0. The smallest absolute Gasteiger partial charge is 0.128 e. The van der Waals surface area contributed by atoms with Crippen molar-refractivity contribution >= 4 is 43.6 Å². The third-order valence-corrected chi connectivity index (χ3v) is 8.25. The van der Waals surface area contributed by atoms with Crippen LogP contribution in [0.4, 0.5) is 0 Å². The van der Waals surface area contributed by atoms with Crippen molar-refractivity contribution in [2.24, 2.45) is 0 Å². The van der Waals surface area contributed by atoms with Crippen LogP contribution in [-0.4, -0.2) is 15.0 Å². The molecule has 0 aliphatic carbocycles. The maximum Gasteiger partial charge on any atom is 0.128 e. The molecule has 0 bridgehead atoms. The van der Waals surface area contributed by atoms with Crippen molar-refractivity contribution in [3.63, 3.8) is 0 Å². The van der Waals surface area contributed by atoms with Gasteiger partial charge in [0.2, 0.25) is 0 Å². The van der Waals surface area contributed by atoms with Crippen LogP contribution in [0, 0.1) is 19.1 Å². The molecule has 4 heterocycles. The Labute approximate surface area is 286 Å². The summed E-state index contributed by atoms with van der Waals surface area (Å²) in [6, 6.07) is 49.5. The van der Waals surface area contributed by atoms with Crippen LogP contribution in [0.3, 0.4) is 0 Å². The quantitative estimate of drug-likeness (QED) is 0.168.